The van der Waals surface area contributed by atoms with Crippen molar-refractivity contribution in [3.8, 4) is 0 Å². The van der Waals surface area contributed by atoms with Crippen LogP contribution in [0.3, 0.4) is 0 Å². The Bertz CT molecular complexity index is 61.0. The SMILES string of the molecule is COC1(O)CCC1. The molecule has 1 fully saturated rings. The number of hydrogen-bond donors (Lipinski definition) is 1. The number of aliphatic hydroxyl groups is 1. The van der Waals surface area contributed by atoms with Crippen molar-refractivity contribution in [1.82, 2.24) is 0 Å². The molecule has 1 N–H and O–H groups in total. The molecule has 1 aliphatic carbocycles. The molecule has 0 bridgehead atoms. The van der Waals surface area contributed by atoms with Crippen molar-refractivity contribution < 1.29 is 9.84 Å². The molecular formula is C5H10O2. The van der Waals surface area contributed by atoms with Crippen molar-refractivity contribution in [1.29, 1.82) is 0 Å². The van der Waals surface area contributed by atoms with Crippen LogP contribution in [0, 0.1) is 0 Å². The molecule has 1 rings (SSSR count). The molecule has 7 heavy (non-hydrogen) atoms. The predicted octanol–water partition coefficient (Wildman–Crippen LogP) is 0.505. The summed E-state index contributed by atoms with van der Waals surface area (Å²) >= 11 is 0. The van der Waals surface area contributed by atoms with Crippen LogP contribution < -0.4 is 0 Å². The smallest absolute Gasteiger partial charge is 0.165 e. The minimum Gasteiger partial charge on any atom is -0.365 e. The Hall–Kier alpha value is -0.0800. The maximum absolute atomic E-state index is 9.00. The van der Waals surface area contributed by atoms with Crippen LogP contribution in [0.4, 0.5) is 0 Å². The first-order chi connectivity index (χ1) is 3.27. The van der Waals surface area contributed by atoms with E-state index in [-0.39, 0.29) is 0 Å². The van der Waals surface area contributed by atoms with E-state index in [1.165, 1.54) is 0 Å². The molecule has 0 radical (unpaired) electrons. The molecule has 2 heteroatoms. The van der Waals surface area contributed by atoms with Crippen molar-refractivity contribution in [2.45, 2.75) is 25.0 Å². The second kappa shape index (κ2) is 1.46. The van der Waals surface area contributed by atoms with E-state index in [9.17, 15) is 0 Å². The minimum atomic E-state index is -0.736. The van der Waals surface area contributed by atoms with Crippen LogP contribution in [0.2, 0.25) is 0 Å². The summed E-state index contributed by atoms with van der Waals surface area (Å²) in [5, 5.41) is 9.00. The zero-order valence-electron chi connectivity index (χ0n) is 4.48. The first-order valence-corrected chi connectivity index (χ1v) is 2.54. The van der Waals surface area contributed by atoms with E-state index in [0.29, 0.717) is 0 Å². The highest BCUT2D eigenvalue weighted by Gasteiger charge is 2.33. The third kappa shape index (κ3) is 0.763. The van der Waals surface area contributed by atoms with Crippen LogP contribution in [-0.2, 0) is 4.74 Å². The van der Waals surface area contributed by atoms with E-state index < -0.39 is 5.79 Å². The van der Waals surface area contributed by atoms with Gasteiger partial charge in [-0.2, -0.15) is 0 Å². The second-order valence-electron chi connectivity index (χ2n) is 2.00. The lowest BCUT2D eigenvalue weighted by Gasteiger charge is -2.34. The maximum atomic E-state index is 9.00. The highest BCUT2D eigenvalue weighted by molar-refractivity contribution is 4.76. The largest absolute Gasteiger partial charge is 0.365 e. The molecule has 1 saturated carbocycles. The minimum absolute atomic E-state index is 0.736. The maximum Gasteiger partial charge on any atom is 0.165 e. The first-order valence-electron chi connectivity index (χ1n) is 2.54. The third-order valence-corrected chi connectivity index (χ3v) is 1.51. The van der Waals surface area contributed by atoms with Gasteiger partial charge in [-0.15, -0.1) is 0 Å². The Balaban J connectivity index is 2.29. The van der Waals surface area contributed by atoms with Gasteiger partial charge in [0.1, 0.15) is 0 Å². The van der Waals surface area contributed by atoms with Crippen LogP contribution >= 0.6 is 0 Å². The lowest BCUT2D eigenvalue weighted by Crippen LogP contribution is -2.38. The lowest BCUT2D eigenvalue weighted by molar-refractivity contribution is -0.231. The molecule has 0 heterocycles. The molecule has 0 unspecified atom stereocenters. The van der Waals surface area contributed by atoms with Crippen LogP contribution in [-0.4, -0.2) is 18.0 Å². The van der Waals surface area contributed by atoms with E-state index in [0.717, 1.165) is 19.3 Å². The summed E-state index contributed by atoms with van der Waals surface area (Å²) in [6.07, 6.45) is 2.72. The van der Waals surface area contributed by atoms with E-state index in [1.807, 2.05) is 0 Å². The monoisotopic (exact) mass is 102 g/mol. The fourth-order valence-electron chi connectivity index (χ4n) is 0.683. The van der Waals surface area contributed by atoms with Gasteiger partial charge in [0.05, 0.1) is 0 Å². The molecule has 0 amide bonds. The van der Waals surface area contributed by atoms with Gasteiger partial charge in [0, 0.05) is 20.0 Å². The third-order valence-electron chi connectivity index (χ3n) is 1.51. The Morgan fingerprint density at radius 1 is 1.57 bits per heavy atom. The zero-order chi connectivity index (χ0) is 5.33. The summed E-state index contributed by atoms with van der Waals surface area (Å²) in [5.41, 5.74) is 0. The number of ether oxygens (including phenoxy) is 1. The molecule has 0 aromatic carbocycles. The predicted molar refractivity (Wildman–Crippen MR) is 25.8 cm³/mol. The van der Waals surface area contributed by atoms with E-state index >= 15 is 0 Å². The molecule has 0 aromatic rings. The van der Waals surface area contributed by atoms with Crippen molar-refractivity contribution in [2.75, 3.05) is 7.11 Å². The Morgan fingerprint density at radius 3 is 2.14 bits per heavy atom. The highest BCUT2D eigenvalue weighted by atomic mass is 16.6. The van der Waals surface area contributed by atoms with Crippen LogP contribution in [0.5, 0.6) is 0 Å². The molecule has 0 aliphatic heterocycles. The summed E-state index contributed by atoms with van der Waals surface area (Å²) in [4.78, 5) is 0. The van der Waals surface area contributed by atoms with Gasteiger partial charge in [0.15, 0.2) is 5.79 Å². The van der Waals surface area contributed by atoms with Gasteiger partial charge in [-0.1, -0.05) is 0 Å². The second-order valence-corrected chi connectivity index (χ2v) is 2.00. The highest BCUT2D eigenvalue weighted by Crippen LogP contribution is 2.31. The number of hydrogen-bond acceptors (Lipinski definition) is 2. The van der Waals surface area contributed by atoms with Gasteiger partial charge >= 0.3 is 0 Å². The van der Waals surface area contributed by atoms with Crippen LogP contribution in [0.1, 0.15) is 19.3 Å². The molecular weight excluding hydrogens is 92.1 g/mol. The van der Waals surface area contributed by atoms with Gasteiger partial charge in [-0.05, 0) is 6.42 Å². The first kappa shape index (κ1) is 5.06. The Morgan fingerprint density at radius 2 is 2.14 bits per heavy atom. The van der Waals surface area contributed by atoms with Crippen molar-refractivity contribution in [3.05, 3.63) is 0 Å². The van der Waals surface area contributed by atoms with Crippen LogP contribution in [0.15, 0.2) is 0 Å². The average Bonchev–Trinajstić information content (AvgIpc) is 1.61. The van der Waals surface area contributed by atoms with E-state index in [2.05, 4.69) is 0 Å². The van der Waals surface area contributed by atoms with Gasteiger partial charge < -0.3 is 9.84 Å². The number of rotatable bonds is 1. The summed E-state index contributed by atoms with van der Waals surface area (Å²) in [5.74, 6) is -0.736. The van der Waals surface area contributed by atoms with Gasteiger partial charge in [0.2, 0.25) is 0 Å². The van der Waals surface area contributed by atoms with Crippen molar-refractivity contribution in [3.63, 3.8) is 0 Å². The quantitative estimate of drug-likeness (QED) is 0.489. The van der Waals surface area contributed by atoms with Crippen molar-refractivity contribution >= 4 is 0 Å². The molecule has 0 spiro atoms. The van der Waals surface area contributed by atoms with Gasteiger partial charge in [0.25, 0.3) is 0 Å². The van der Waals surface area contributed by atoms with Crippen molar-refractivity contribution in [2.24, 2.45) is 0 Å². The Kier molecular flexibility index (Phi) is 1.05. The summed E-state index contributed by atoms with van der Waals surface area (Å²) in [6, 6.07) is 0. The summed E-state index contributed by atoms with van der Waals surface area (Å²) in [6.45, 7) is 0. The molecule has 1 aliphatic rings. The standard InChI is InChI=1S/C5H10O2/c1-7-5(6)3-2-4-5/h6H,2-4H2,1H3. The van der Waals surface area contributed by atoms with Crippen LogP contribution in [0.25, 0.3) is 0 Å². The fourth-order valence-corrected chi connectivity index (χ4v) is 0.683. The number of methoxy groups -OCH3 is 1. The molecule has 0 saturated heterocycles. The lowest BCUT2D eigenvalue weighted by atomic mass is 9.92. The normalized spacial score (nSPS) is 26.6. The molecule has 0 aromatic heterocycles. The van der Waals surface area contributed by atoms with Gasteiger partial charge in [-0.3, -0.25) is 0 Å². The topological polar surface area (TPSA) is 29.5 Å². The fraction of sp³-hybridized carbons (Fsp3) is 1.00. The van der Waals surface area contributed by atoms with Gasteiger partial charge in [-0.25, -0.2) is 0 Å². The zero-order valence-corrected chi connectivity index (χ0v) is 4.48. The van der Waals surface area contributed by atoms with E-state index in [1.54, 1.807) is 7.11 Å². The average molecular weight is 102 g/mol. The summed E-state index contributed by atoms with van der Waals surface area (Å²) in [7, 11) is 1.54. The summed E-state index contributed by atoms with van der Waals surface area (Å²) < 4.78 is 4.73. The molecule has 0 atom stereocenters. The molecule has 42 valence electrons. The van der Waals surface area contributed by atoms with E-state index in [4.69, 9.17) is 9.84 Å². The Labute approximate surface area is 43.1 Å². The molecule has 2 nitrogen and oxygen atoms in total.